The summed E-state index contributed by atoms with van der Waals surface area (Å²) < 4.78 is 0. The molecule has 0 fully saturated rings. The number of carboxylic acid groups (broad SMARTS) is 1. The van der Waals surface area contributed by atoms with Gasteiger partial charge in [0.25, 0.3) is 0 Å². The number of aliphatic carboxylic acids is 1. The van der Waals surface area contributed by atoms with Crippen LogP contribution in [0.5, 0.6) is 5.75 Å². The molecule has 0 saturated heterocycles. The molecule has 1 aromatic carbocycles. The van der Waals surface area contributed by atoms with Gasteiger partial charge in [-0.05, 0) is 47.6 Å². The summed E-state index contributed by atoms with van der Waals surface area (Å²) >= 11 is 1.44. The SMILES string of the molecule is CC(C)CC(C(=O)NCCCSCC(NC(=O)CC(C)(C)C)C(=O)O)c1ccc(O)cc1. The predicted molar refractivity (Wildman–Crippen MR) is 129 cm³/mol. The molecule has 32 heavy (non-hydrogen) atoms. The third kappa shape index (κ3) is 11.4. The average molecular weight is 467 g/mol. The lowest BCUT2D eigenvalue weighted by Gasteiger charge is -2.20. The fraction of sp³-hybridized carbons (Fsp3) is 0.625. The summed E-state index contributed by atoms with van der Waals surface area (Å²) in [6, 6.07) is 5.81. The molecule has 0 bridgehead atoms. The molecule has 1 aromatic rings. The van der Waals surface area contributed by atoms with Gasteiger partial charge in [-0.15, -0.1) is 0 Å². The molecule has 8 heteroatoms. The number of aromatic hydroxyl groups is 1. The van der Waals surface area contributed by atoms with Crippen LogP contribution in [0.4, 0.5) is 0 Å². The van der Waals surface area contributed by atoms with Crippen LogP contribution in [-0.2, 0) is 14.4 Å². The first-order valence-corrected chi connectivity index (χ1v) is 12.2. The minimum atomic E-state index is -1.04. The summed E-state index contributed by atoms with van der Waals surface area (Å²) in [5.41, 5.74) is 0.671. The number of phenolic OH excluding ortho intramolecular Hbond substituents is 1. The molecule has 180 valence electrons. The van der Waals surface area contributed by atoms with E-state index in [0.29, 0.717) is 31.1 Å². The number of carbonyl (C=O) groups excluding carboxylic acids is 2. The zero-order valence-electron chi connectivity index (χ0n) is 19.8. The number of nitrogens with one attached hydrogen (secondary N) is 2. The van der Waals surface area contributed by atoms with E-state index in [-0.39, 0.29) is 41.1 Å². The molecule has 0 aliphatic heterocycles. The Hall–Kier alpha value is -2.22. The third-order valence-corrected chi connectivity index (χ3v) is 5.84. The second-order valence-electron chi connectivity index (χ2n) is 9.69. The molecular formula is C24H38N2O5S. The van der Waals surface area contributed by atoms with E-state index in [2.05, 4.69) is 24.5 Å². The van der Waals surface area contributed by atoms with E-state index in [1.165, 1.54) is 11.8 Å². The van der Waals surface area contributed by atoms with Crippen molar-refractivity contribution in [1.29, 1.82) is 0 Å². The van der Waals surface area contributed by atoms with Crippen LogP contribution >= 0.6 is 11.8 Å². The van der Waals surface area contributed by atoms with Gasteiger partial charge in [-0.2, -0.15) is 11.8 Å². The Morgan fingerprint density at radius 1 is 1.09 bits per heavy atom. The zero-order chi connectivity index (χ0) is 24.3. The number of carbonyl (C=O) groups is 3. The van der Waals surface area contributed by atoms with Crippen LogP contribution in [0.3, 0.4) is 0 Å². The van der Waals surface area contributed by atoms with Crippen molar-refractivity contribution in [3.63, 3.8) is 0 Å². The molecule has 0 aromatic heterocycles. The van der Waals surface area contributed by atoms with Gasteiger partial charge in [-0.25, -0.2) is 4.79 Å². The molecule has 0 spiro atoms. The van der Waals surface area contributed by atoms with Crippen molar-refractivity contribution in [2.75, 3.05) is 18.1 Å². The van der Waals surface area contributed by atoms with E-state index < -0.39 is 12.0 Å². The first kappa shape index (κ1) is 27.8. The largest absolute Gasteiger partial charge is 0.508 e. The van der Waals surface area contributed by atoms with Crippen LogP contribution in [0.15, 0.2) is 24.3 Å². The Morgan fingerprint density at radius 3 is 2.25 bits per heavy atom. The van der Waals surface area contributed by atoms with Gasteiger partial charge >= 0.3 is 5.97 Å². The topological polar surface area (TPSA) is 116 Å². The smallest absolute Gasteiger partial charge is 0.327 e. The lowest BCUT2D eigenvalue weighted by Crippen LogP contribution is -2.43. The van der Waals surface area contributed by atoms with Crippen molar-refractivity contribution in [3.8, 4) is 5.75 Å². The third-order valence-electron chi connectivity index (χ3n) is 4.69. The quantitative estimate of drug-likeness (QED) is 0.329. The highest BCUT2D eigenvalue weighted by atomic mass is 32.2. The number of rotatable bonds is 13. The minimum Gasteiger partial charge on any atom is -0.508 e. The van der Waals surface area contributed by atoms with E-state index in [1.807, 2.05) is 20.8 Å². The van der Waals surface area contributed by atoms with E-state index in [4.69, 9.17) is 0 Å². The molecule has 0 heterocycles. The van der Waals surface area contributed by atoms with Crippen molar-refractivity contribution in [1.82, 2.24) is 10.6 Å². The van der Waals surface area contributed by atoms with Crippen LogP contribution in [0.25, 0.3) is 0 Å². The highest BCUT2D eigenvalue weighted by Gasteiger charge is 2.24. The zero-order valence-corrected chi connectivity index (χ0v) is 20.6. The monoisotopic (exact) mass is 466 g/mol. The molecule has 0 radical (unpaired) electrons. The van der Waals surface area contributed by atoms with Gasteiger partial charge in [0.15, 0.2) is 0 Å². The average Bonchev–Trinajstić information content (AvgIpc) is 2.66. The molecule has 0 aliphatic carbocycles. The highest BCUT2D eigenvalue weighted by molar-refractivity contribution is 7.99. The first-order valence-electron chi connectivity index (χ1n) is 11.1. The van der Waals surface area contributed by atoms with Gasteiger partial charge in [0.2, 0.25) is 11.8 Å². The van der Waals surface area contributed by atoms with Crippen molar-refractivity contribution >= 4 is 29.5 Å². The van der Waals surface area contributed by atoms with Gasteiger partial charge in [0, 0.05) is 18.7 Å². The van der Waals surface area contributed by atoms with Crippen molar-refractivity contribution in [2.24, 2.45) is 11.3 Å². The second kappa shape index (κ2) is 13.4. The van der Waals surface area contributed by atoms with Crippen LogP contribution in [-0.4, -0.2) is 52.1 Å². The first-order chi connectivity index (χ1) is 14.9. The molecule has 0 saturated carbocycles. The summed E-state index contributed by atoms with van der Waals surface area (Å²) in [5, 5.41) is 24.4. The number of hydrogen-bond donors (Lipinski definition) is 4. The summed E-state index contributed by atoms with van der Waals surface area (Å²) in [5.74, 6) is -0.164. The summed E-state index contributed by atoms with van der Waals surface area (Å²) in [6.45, 7) is 10.4. The lowest BCUT2D eigenvalue weighted by atomic mass is 9.89. The molecule has 2 atom stereocenters. The molecular weight excluding hydrogens is 428 g/mol. The highest BCUT2D eigenvalue weighted by Crippen LogP contribution is 2.25. The number of carboxylic acids is 1. The van der Waals surface area contributed by atoms with Crippen LogP contribution in [0.2, 0.25) is 0 Å². The van der Waals surface area contributed by atoms with Crippen molar-refractivity contribution in [3.05, 3.63) is 29.8 Å². The fourth-order valence-corrected chi connectivity index (χ4v) is 4.16. The Kier molecular flexibility index (Phi) is 11.6. The maximum atomic E-state index is 12.7. The van der Waals surface area contributed by atoms with E-state index in [1.54, 1.807) is 24.3 Å². The number of thioether (sulfide) groups is 1. The maximum absolute atomic E-state index is 12.7. The Balaban J connectivity index is 2.43. The number of hydrogen-bond acceptors (Lipinski definition) is 5. The standard InChI is InChI=1S/C24H38N2O5S/c1-16(2)13-19(17-7-9-18(27)10-8-17)22(29)25-11-6-12-32-15-20(23(30)31)26-21(28)14-24(3,4)5/h7-10,16,19-20,27H,6,11-15H2,1-5H3,(H,25,29)(H,26,28)(H,30,31). The van der Waals surface area contributed by atoms with Gasteiger partial charge in [0.05, 0.1) is 5.92 Å². The summed E-state index contributed by atoms with van der Waals surface area (Å²) in [4.78, 5) is 36.2. The van der Waals surface area contributed by atoms with Gasteiger partial charge < -0.3 is 20.8 Å². The van der Waals surface area contributed by atoms with Crippen LogP contribution < -0.4 is 10.6 Å². The van der Waals surface area contributed by atoms with Crippen molar-refractivity contribution in [2.45, 2.75) is 65.8 Å². The van der Waals surface area contributed by atoms with Gasteiger partial charge in [0.1, 0.15) is 11.8 Å². The molecule has 7 nitrogen and oxygen atoms in total. The van der Waals surface area contributed by atoms with Crippen molar-refractivity contribution < 1.29 is 24.6 Å². The molecule has 0 aliphatic rings. The molecule has 1 rings (SSSR count). The summed E-state index contributed by atoms with van der Waals surface area (Å²) in [7, 11) is 0. The normalized spacial score (nSPS) is 13.4. The Bertz CT molecular complexity index is 744. The summed E-state index contributed by atoms with van der Waals surface area (Å²) in [6.07, 6.45) is 1.68. The number of phenols is 1. The van der Waals surface area contributed by atoms with E-state index in [9.17, 15) is 24.6 Å². The molecule has 2 amide bonds. The molecule has 2 unspecified atom stereocenters. The van der Waals surface area contributed by atoms with Crippen LogP contribution in [0.1, 0.15) is 65.4 Å². The number of amides is 2. The fourth-order valence-electron chi connectivity index (χ4n) is 3.18. The second-order valence-corrected chi connectivity index (χ2v) is 10.8. The minimum absolute atomic E-state index is 0.0488. The Labute approximate surface area is 195 Å². The van der Waals surface area contributed by atoms with Crippen LogP contribution in [0, 0.1) is 11.3 Å². The van der Waals surface area contributed by atoms with Gasteiger partial charge in [-0.1, -0.05) is 46.8 Å². The van der Waals surface area contributed by atoms with E-state index in [0.717, 1.165) is 5.56 Å². The Morgan fingerprint density at radius 2 is 1.72 bits per heavy atom. The van der Waals surface area contributed by atoms with Gasteiger partial charge in [-0.3, -0.25) is 9.59 Å². The number of benzene rings is 1. The lowest BCUT2D eigenvalue weighted by molar-refractivity contribution is -0.141. The maximum Gasteiger partial charge on any atom is 0.327 e. The predicted octanol–water partition coefficient (Wildman–Crippen LogP) is 3.77. The van der Waals surface area contributed by atoms with E-state index >= 15 is 0 Å². The molecule has 4 N–H and O–H groups in total.